The van der Waals surface area contributed by atoms with Gasteiger partial charge in [-0.05, 0) is 48.4 Å². The van der Waals surface area contributed by atoms with E-state index in [9.17, 15) is 4.79 Å². The summed E-state index contributed by atoms with van der Waals surface area (Å²) in [7, 11) is 0. The fraction of sp³-hybridized carbons (Fsp3) is 0.333. The molecule has 0 aliphatic carbocycles. The quantitative estimate of drug-likeness (QED) is 0.755. The summed E-state index contributed by atoms with van der Waals surface area (Å²) in [6, 6.07) is 16.7. The highest BCUT2D eigenvalue weighted by atomic mass is 16.2. The molecule has 26 heavy (non-hydrogen) atoms. The maximum Gasteiger partial charge on any atom is 0.317 e. The van der Waals surface area contributed by atoms with Crippen LogP contribution < -0.4 is 5.32 Å². The van der Waals surface area contributed by atoms with E-state index in [2.05, 4.69) is 45.6 Å². The van der Waals surface area contributed by atoms with Crippen LogP contribution in [0.3, 0.4) is 0 Å². The van der Waals surface area contributed by atoms with E-state index in [0.29, 0.717) is 12.5 Å². The maximum absolute atomic E-state index is 12.4. The zero-order valence-electron chi connectivity index (χ0n) is 14.8. The number of rotatable bonds is 4. The number of nitrogens with zero attached hydrogens (tertiary/aromatic N) is 2. The summed E-state index contributed by atoms with van der Waals surface area (Å²) in [5.41, 5.74) is 4.41. The number of urea groups is 1. The van der Waals surface area contributed by atoms with Crippen molar-refractivity contribution in [1.82, 2.24) is 20.2 Å². The van der Waals surface area contributed by atoms with Gasteiger partial charge in [-0.25, -0.2) is 9.78 Å². The SMILES string of the molecule is O=C(NCc1ccc2nc[nH]c2c1)N1CCC(Cc2ccccc2)CC1. The summed E-state index contributed by atoms with van der Waals surface area (Å²) in [6.45, 7) is 2.21. The van der Waals surface area contributed by atoms with Gasteiger partial charge in [0.25, 0.3) is 0 Å². The molecule has 2 aromatic carbocycles. The number of piperidine rings is 1. The molecule has 5 heteroatoms. The molecule has 4 rings (SSSR count). The van der Waals surface area contributed by atoms with Gasteiger partial charge in [0.2, 0.25) is 0 Å². The van der Waals surface area contributed by atoms with E-state index in [1.165, 1.54) is 5.56 Å². The first-order chi connectivity index (χ1) is 12.8. The molecule has 134 valence electrons. The Morgan fingerprint density at radius 1 is 1.12 bits per heavy atom. The number of aromatic amines is 1. The normalized spacial score (nSPS) is 15.3. The zero-order chi connectivity index (χ0) is 17.8. The first kappa shape index (κ1) is 16.6. The Morgan fingerprint density at radius 2 is 1.92 bits per heavy atom. The van der Waals surface area contributed by atoms with Gasteiger partial charge in [0.05, 0.1) is 17.4 Å². The Hall–Kier alpha value is -2.82. The monoisotopic (exact) mass is 348 g/mol. The second kappa shape index (κ2) is 7.60. The number of benzene rings is 2. The molecule has 0 saturated carbocycles. The van der Waals surface area contributed by atoms with Gasteiger partial charge < -0.3 is 15.2 Å². The minimum absolute atomic E-state index is 0.0351. The van der Waals surface area contributed by atoms with Crippen molar-refractivity contribution in [3.05, 3.63) is 66.0 Å². The molecule has 1 fully saturated rings. The molecule has 1 aliphatic rings. The van der Waals surface area contributed by atoms with Gasteiger partial charge in [-0.2, -0.15) is 0 Å². The third-order valence-electron chi connectivity index (χ3n) is 5.20. The van der Waals surface area contributed by atoms with E-state index in [0.717, 1.165) is 48.9 Å². The predicted molar refractivity (Wildman–Crippen MR) is 103 cm³/mol. The van der Waals surface area contributed by atoms with Crippen molar-refractivity contribution in [3.8, 4) is 0 Å². The van der Waals surface area contributed by atoms with Crippen LogP contribution in [0.1, 0.15) is 24.0 Å². The van der Waals surface area contributed by atoms with Crippen molar-refractivity contribution in [2.75, 3.05) is 13.1 Å². The molecule has 5 nitrogen and oxygen atoms in total. The van der Waals surface area contributed by atoms with E-state index >= 15 is 0 Å². The standard InChI is InChI=1S/C21H24N4O/c26-21(22-14-18-6-7-19-20(13-18)24-15-23-19)25-10-8-17(9-11-25)12-16-4-2-1-3-5-16/h1-7,13,15,17H,8-12,14H2,(H,22,26)(H,23,24). The molecule has 2 amide bonds. The molecule has 0 spiro atoms. The molecular weight excluding hydrogens is 324 g/mol. The topological polar surface area (TPSA) is 61.0 Å². The lowest BCUT2D eigenvalue weighted by Crippen LogP contribution is -2.44. The van der Waals surface area contributed by atoms with Crippen LogP contribution in [0, 0.1) is 5.92 Å². The van der Waals surface area contributed by atoms with Gasteiger partial charge in [0.1, 0.15) is 0 Å². The average molecular weight is 348 g/mol. The lowest BCUT2D eigenvalue weighted by atomic mass is 9.90. The molecule has 2 heterocycles. The van der Waals surface area contributed by atoms with Crippen LogP contribution in [0.4, 0.5) is 4.79 Å². The lowest BCUT2D eigenvalue weighted by Gasteiger charge is -2.32. The van der Waals surface area contributed by atoms with Gasteiger partial charge >= 0.3 is 6.03 Å². The number of hydrogen-bond acceptors (Lipinski definition) is 2. The van der Waals surface area contributed by atoms with Crippen molar-refractivity contribution in [2.24, 2.45) is 5.92 Å². The van der Waals surface area contributed by atoms with Crippen molar-refractivity contribution in [3.63, 3.8) is 0 Å². The molecule has 1 saturated heterocycles. The van der Waals surface area contributed by atoms with Crippen molar-refractivity contribution < 1.29 is 4.79 Å². The third-order valence-corrected chi connectivity index (χ3v) is 5.20. The first-order valence-corrected chi connectivity index (χ1v) is 9.26. The molecule has 1 aliphatic heterocycles. The summed E-state index contributed by atoms with van der Waals surface area (Å²) < 4.78 is 0. The van der Waals surface area contributed by atoms with Gasteiger partial charge in [0.15, 0.2) is 0 Å². The minimum Gasteiger partial charge on any atom is -0.345 e. The molecule has 0 radical (unpaired) electrons. The molecule has 3 aromatic rings. The number of aromatic nitrogens is 2. The highest BCUT2D eigenvalue weighted by Crippen LogP contribution is 2.21. The highest BCUT2D eigenvalue weighted by Gasteiger charge is 2.22. The number of carbonyl (C=O) groups excluding carboxylic acids is 1. The Balaban J connectivity index is 1.25. The molecule has 0 bridgehead atoms. The minimum atomic E-state index is 0.0351. The number of nitrogens with one attached hydrogen (secondary N) is 2. The van der Waals surface area contributed by atoms with Crippen molar-refractivity contribution in [2.45, 2.75) is 25.8 Å². The van der Waals surface area contributed by atoms with Crippen molar-refractivity contribution >= 4 is 17.1 Å². The maximum atomic E-state index is 12.4. The van der Waals surface area contributed by atoms with Crippen LogP contribution in [-0.4, -0.2) is 34.0 Å². The zero-order valence-corrected chi connectivity index (χ0v) is 14.8. The summed E-state index contributed by atoms with van der Waals surface area (Å²) in [5.74, 6) is 0.671. The Labute approximate surface area is 153 Å². The van der Waals surface area contributed by atoms with E-state index in [1.54, 1.807) is 6.33 Å². The van der Waals surface area contributed by atoms with Gasteiger partial charge in [-0.3, -0.25) is 0 Å². The number of carbonyl (C=O) groups is 1. The fourth-order valence-electron chi connectivity index (χ4n) is 3.67. The van der Waals surface area contributed by atoms with Crippen LogP contribution in [0.2, 0.25) is 0 Å². The number of H-pyrrole nitrogens is 1. The Morgan fingerprint density at radius 3 is 2.73 bits per heavy atom. The number of hydrogen-bond donors (Lipinski definition) is 2. The number of imidazole rings is 1. The van der Waals surface area contributed by atoms with Crippen LogP contribution >= 0.6 is 0 Å². The Bertz CT molecular complexity index is 866. The van der Waals surface area contributed by atoms with Gasteiger partial charge in [0, 0.05) is 19.6 Å². The molecule has 0 unspecified atom stereocenters. The largest absolute Gasteiger partial charge is 0.345 e. The highest BCUT2D eigenvalue weighted by molar-refractivity contribution is 5.76. The number of fused-ring (bicyclic) bond motifs is 1. The van der Waals surface area contributed by atoms with Crippen LogP contribution in [-0.2, 0) is 13.0 Å². The van der Waals surface area contributed by atoms with Crippen LogP contribution in [0.5, 0.6) is 0 Å². The summed E-state index contributed by atoms with van der Waals surface area (Å²) in [6.07, 6.45) is 4.94. The number of likely N-dealkylation sites (tertiary alicyclic amines) is 1. The fourth-order valence-corrected chi connectivity index (χ4v) is 3.67. The van der Waals surface area contributed by atoms with E-state index in [1.807, 2.05) is 23.1 Å². The van der Waals surface area contributed by atoms with Crippen molar-refractivity contribution in [1.29, 1.82) is 0 Å². The van der Waals surface area contributed by atoms with Gasteiger partial charge in [-0.15, -0.1) is 0 Å². The van der Waals surface area contributed by atoms with E-state index < -0.39 is 0 Å². The lowest BCUT2D eigenvalue weighted by molar-refractivity contribution is 0.170. The van der Waals surface area contributed by atoms with Gasteiger partial charge in [-0.1, -0.05) is 36.4 Å². The second-order valence-corrected chi connectivity index (χ2v) is 7.03. The first-order valence-electron chi connectivity index (χ1n) is 9.26. The second-order valence-electron chi connectivity index (χ2n) is 7.03. The average Bonchev–Trinajstić information content (AvgIpc) is 3.15. The summed E-state index contributed by atoms with van der Waals surface area (Å²) in [4.78, 5) is 21.7. The smallest absolute Gasteiger partial charge is 0.317 e. The van der Waals surface area contributed by atoms with E-state index in [-0.39, 0.29) is 6.03 Å². The molecule has 2 N–H and O–H groups in total. The molecule has 1 aromatic heterocycles. The predicted octanol–water partition coefficient (Wildman–Crippen LogP) is 3.73. The summed E-state index contributed by atoms with van der Waals surface area (Å²) in [5, 5.41) is 3.04. The van der Waals surface area contributed by atoms with Crippen LogP contribution in [0.15, 0.2) is 54.9 Å². The Kier molecular flexibility index (Phi) is 4.86. The summed E-state index contributed by atoms with van der Waals surface area (Å²) >= 11 is 0. The van der Waals surface area contributed by atoms with E-state index in [4.69, 9.17) is 0 Å². The third kappa shape index (κ3) is 3.87. The molecule has 0 atom stereocenters. The number of amides is 2. The molecular formula is C21H24N4O. The van der Waals surface area contributed by atoms with Crippen LogP contribution in [0.25, 0.3) is 11.0 Å².